The number of amides is 2. The van der Waals surface area contributed by atoms with E-state index in [1.807, 2.05) is 45.9 Å². The fraction of sp³-hybridized carbons (Fsp3) is 0.417. The summed E-state index contributed by atoms with van der Waals surface area (Å²) < 4.78 is 19.0. The molecule has 0 aliphatic rings. The highest BCUT2D eigenvalue weighted by Crippen LogP contribution is 2.18. The van der Waals surface area contributed by atoms with Gasteiger partial charge in [0, 0.05) is 12.6 Å². The molecule has 0 heterocycles. The summed E-state index contributed by atoms with van der Waals surface area (Å²) in [6.45, 7) is 7.71. The molecule has 2 aromatic carbocycles. The van der Waals surface area contributed by atoms with Crippen LogP contribution in [0.2, 0.25) is 0 Å². The first-order valence-electron chi connectivity index (χ1n) is 10.4. The normalized spacial score (nSPS) is 12.7. The van der Waals surface area contributed by atoms with Crippen molar-refractivity contribution in [2.45, 2.75) is 59.2 Å². The Balaban J connectivity index is 2.21. The third kappa shape index (κ3) is 6.58. The number of carbonyl (C=O) groups excluding carboxylic acids is 2. The van der Waals surface area contributed by atoms with Gasteiger partial charge in [0.05, 0.1) is 0 Å². The van der Waals surface area contributed by atoms with Gasteiger partial charge in [-0.1, -0.05) is 44.2 Å². The Kier molecular flexibility index (Phi) is 8.84. The van der Waals surface area contributed by atoms with Crippen molar-refractivity contribution in [3.8, 4) is 5.75 Å². The lowest BCUT2D eigenvalue weighted by Crippen LogP contribution is -2.51. The number of hydrogen-bond acceptors (Lipinski definition) is 3. The first-order valence-corrected chi connectivity index (χ1v) is 10.4. The zero-order valence-electron chi connectivity index (χ0n) is 18.2. The second-order valence-electron chi connectivity index (χ2n) is 7.44. The molecule has 0 spiro atoms. The third-order valence-corrected chi connectivity index (χ3v) is 5.10. The molecule has 0 aromatic heterocycles. The molecule has 30 heavy (non-hydrogen) atoms. The van der Waals surface area contributed by atoms with Crippen LogP contribution in [0.25, 0.3) is 0 Å². The molecular formula is C24H31FN2O3. The predicted molar refractivity (Wildman–Crippen MR) is 116 cm³/mol. The number of ether oxygens (including phenoxy) is 1. The molecule has 1 N–H and O–H groups in total. The maximum atomic E-state index is 13.3. The van der Waals surface area contributed by atoms with Crippen molar-refractivity contribution < 1.29 is 18.7 Å². The summed E-state index contributed by atoms with van der Waals surface area (Å²) in [5.41, 5.74) is 1.67. The molecule has 5 nitrogen and oxygen atoms in total. The van der Waals surface area contributed by atoms with E-state index in [9.17, 15) is 14.0 Å². The molecule has 2 rings (SSSR count). The molecule has 0 fully saturated rings. The first-order chi connectivity index (χ1) is 14.3. The zero-order chi connectivity index (χ0) is 22.1. The molecular weight excluding hydrogens is 383 g/mol. The second kappa shape index (κ2) is 11.3. The topological polar surface area (TPSA) is 58.6 Å². The lowest BCUT2D eigenvalue weighted by atomic mass is 10.1. The van der Waals surface area contributed by atoms with E-state index in [4.69, 9.17) is 4.74 Å². The average molecular weight is 415 g/mol. The van der Waals surface area contributed by atoms with Gasteiger partial charge in [0.15, 0.2) is 6.61 Å². The van der Waals surface area contributed by atoms with Crippen LogP contribution < -0.4 is 10.1 Å². The molecule has 2 aromatic rings. The maximum absolute atomic E-state index is 13.3. The van der Waals surface area contributed by atoms with E-state index in [1.54, 1.807) is 18.2 Å². The largest absolute Gasteiger partial charge is 0.484 e. The van der Waals surface area contributed by atoms with Crippen molar-refractivity contribution in [2.24, 2.45) is 0 Å². The molecule has 0 radical (unpaired) electrons. The number of carbonyl (C=O) groups is 2. The van der Waals surface area contributed by atoms with Crippen molar-refractivity contribution in [3.63, 3.8) is 0 Å². The third-order valence-electron chi connectivity index (χ3n) is 5.10. The Labute approximate surface area is 178 Å². The van der Waals surface area contributed by atoms with Gasteiger partial charge in [-0.05, 0) is 56.0 Å². The van der Waals surface area contributed by atoms with Crippen LogP contribution in [0.5, 0.6) is 5.75 Å². The van der Waals surface area contributed by atoms with Crippen molar-refractivity contribution in [2.75, 3.05) is 6.61 Å². The number of aryl methyl sites for hydroxylation is 1. The summed E-state index contributed by atoms with van der Waals surface area (Å²) in [6.07, 6.45) is 1.25. The minimum atomic E-state index is -0.642. The molecule has 0 bridgehead atoms. The van der Waals surface area contributed by atoms with E-state index >= 15 is 0 Å². The van der Waals surface area contributed by atoms with Gasteiger partial charge in [-0.2, -0.15) is 0 Å². The number of para-hydroxylation sites is 1. The smallest absolute Gasteiger partial charge is 0.261 e. The van der Waals surface area contributed by atoms with E-state index in [2.05, 4.69) is 5.32 Å². The zero-order valence-corrected chi connectivity index (χ0v) is 18.2. The molecule has 0 aliphatic heterocycles. The van der Waals surface area contributed by atoms with E-state index in [-0.39, 0.29) is 36.8 Å². The molecule has 6 heteroatoms. The van der Waals surface area contributed by atoms with Crippen LogP contribution >= 0.6 is 0 Å². The Hall–Kier alpha value is -2.89. The van der Waals surface area contributed by atoms with Crippen LogP contribution in [0.1, 0.15) is 44.7 Å². The summed E-state index contributed by atoms with van der Waals surface area (Å²) in [4.78, 5) is 27.5. The highest BCUT2D eigenvalue weighted by atomic mass is 19.1. The summed E-state index contributed by atoms with van der Waals surface area (Å²) in [7, 11) is 0. The summed E-state index contributed by atoms with van der Waals surface area (Å²) in [5, 5.41) is 2.96. The van der Waals surface area contributed by atoms with Gasteiger partial charge in [-0.3, -0.25) is 9.59 Å². The first kappa shape index (κ1) is 23.4. The quantitative estimate of drug-likeness (QED) is 0.633. The van der Waals surface area contributed by atoms with Gasteiger partial charge in [0.25, 0.3) is 5.91 Å². The molecule has 0 unspecified atom stereocenters. The highest BCUT2D eigenvalue weighted by Gasteiger charge is 2.29. The minimum absolute atomic E-state index is 0.0116. The number of halogens is 1. The lowest BCUT2D eigenvalue weighted by molar-refractivity contribution is -0.143. The van der Waals surface area contributed by atoms with Crippen LogP contribution in [0, 0.1) is 12.7 Å². The Morgan fingerprint density at radius 2 is 1.73 bits per heavy atom. The molecule has 2 amide bonds. The molecule has 2 atom stereocenters. The van der Waals surface area contributed by atoms with Gasteiger partial charge in [-0.25, -0.2) is 4.39 Å². The number of rotatable bonds is 10. The van der Waals surface area contributed by atoms with Crippen molar-refractivity contribution in [3.05, 3.63) is 65.5 Å². The van der Waals surface area contributed by atoms with E-state index in [1.165, 1.54) is 17.0 Å². The van der Waals surface area contributed by atoms with Crippen LogP contribution in [0.15, 0.2) is 48.5 Å². The molecule has 162 valence electrons. The molecule has 0 aliphatic carbocycles. The Morgan fingerprint density at radius 3 is 2.33 bits per heavy atom. The second-order valence-corrected chi connectivity index (χ2v) is 7.44. The lowest BCUT2D eigenvalue weighted by Gasteiger charge is -2.31. The standard InChI is InChI=1S/C24H31FN2O3/c1-5-18(4)26-24(29)21(6-2)27(15-19-11-13-20(25)14-12-19)23(28)16-30-22-10-8-7-9-17(22)3/h7-14,18,21H,5-6,15-16H2,1-4H3,(H,26,29)/t18-,21-/m0/s1. The van der Waals surface area contributed by atoms with Crippen LogP contribution in [-0.2, 0) is 16.1 Å². The maximum Gasteiger partial charge on any atom is 0.261 e. The SMILES string of the molecule is CC[C@H](C)NC(=O)[C@H](CC)N(Cc1ccc(F)cc1)C(=O)COc1ccccc1C. The van der Waals surface area contributed by atoms with Crippen LogP contribution in [0.4, 0.5) is 4.39 Å². The van der Waals surface area contributed by atoms with Crippen molar-refractivity contribution in [1.82, 2.24) is 10.2 Å². The average Bonchev–Trinajstić information content (AvgIpc) is 2.74. The van der Waals surface area contributed by atoms with Crippen LogP contribution in [0.3, 0.4) is 0 Å². The number of nitrogens with one attached hydrogen (secondary N) is 1. The summed E-state index contributed by atoms with van der Waals surface area (Å²) in [5.74, 6) is -0.210. The monoisotopic (exact) mass is 414 g/mol. The van der Waals surface area contributed by atoms with E-state index < -0.39 is 6.04 Å². The van der Waals surface area contributed by atoms with Gasteiger partial charge < -0.3 is 15.0 Å². The van der Waals surface area contributed by atoms with Crippen molar-refractivity contribution >= 4 is 11.8 Å². The number of benzene rings is 2. The van der Waals surface area contributed by atoms with Crippen LogP contribution in [-0.4, -0.2) is 35.4 Å². The predicted octanol–water partition coefficient (Wildman–Crippen LogP) is 4.24. The Bertz CT molecular complexity index is 839. The fourth-order valence-corrected chi connectivity index (χ4v) is 3.09. The van der Waals surface area contributed by atoms with Gasteiger partial charge in [0.1, 0.15) is 17.6 Å². The summed E-state index contributed by atoms with van der Waals surface area (Å²) >= 11 is 0. The van der Waals surface area contributed by atoms with E-state index in [0.717, 1.165) is 17.5 Å². The fourth-order valence-electron chi connectivity index (χ4n) is 3.09. The van der Waals surface area contributed by atoms with Gasteiger partial charge in [0.2, 0.25) is 5.91 Å². The Morgan fingerprint density at radius 1 is 1.07 bits per heavy atom. The van der Waals surface area contributed by atoms with Crippen molar-refractivity contribution in [1.29, 1.82) is 0 Å². The molecule has 0 saturated heterocycles. The van der Waals surface area contributed by atoms with Gasteiger partial charge >= 0.3 is 0 Å². The van der Waals surface area contributed by atoms with Gasteiger partial charge in [-0.15, -0.1) is 0 Å². The summed E-state index contributed by atoms with van der Waals surface area (Å²) in [6, 6.07) is 12.8. The number of nitrogens with zero attached hydrogens (tertiary/aromatic N) is 1. The highest BCUT2D eigenvalue weighted by molar-refractivity contribution is 5.88. The minimum Gasteiger partial charge on any atom is -0.484 e. The number of hydrogen-bond donors (Lipinski definition) is 1. The van der Waals surface area contributed by atoms with E-state index in [0.29, 0.717) is 12.2 Å². The molecule has 0 saturated carbocycles.